The zero-order valence-corrected chi connectivity index (χ0v) is 20.8. The number of carbonyl (C=O) groups is 3. The largest absolute Gasteiger partial charge is 0.618 e. The maximum Gasteiger partial charge on any atom is 0.404 e. The van der Waals surface area contributed by atoms with Crippen molar-refractivity contribution in [1.29, 1.82) is 0 Å². The number of esters is 1. The van der Waals surface area contributed by atoms with Gasteiger partial charge in [-0.25, -0.2) is 9.59 Å². The van der Waals surface area contributed by atoms with Gasteiger partial charge in [0.15, 0.2) is 12.5 Å². The summed E-state index contributed by atoms with van der Waals surface area (Å²) in [5, 5.41) is 23.7. The Morgan fingerprint density at radius 1 is 1.31 bits per heavy atom. The summed E-state index contributed by atoms with van der Waals surface area (Å²) < 4.78 is 17.8. The van der Waals surface area contributed by atoms with Gasteiger partial charge in [0, 0.05) is 26.6 Å². The van der Waals surface area contributed by atoms with Crippen LogP contribution in [0.4, 0.5) is 5.69 Å². The predicted molar refractivity (Wildman–Crippen MR) is 124 cm³/mol. The first kappa shape index (κ1) is 26.8. The van der Waals surface area contributed by atoms with E-state index in [2.05, 4.69) is 5.32 Å². The molecular weight excluding hydrogens is 531 g/mol. The summed E-state index contributed by atoms with van der Waals surface area (Å²) >= 11 is 18.3. The Morgan fingerprint density at radius 3 is 2.51 bits per heavy atom. The second-order valence-electron chi connectivity index (χ2n) is 7.63. The van der Waals surface area contributed by atoms with Crippen LogP contribution in [-0.4, -0.2) is 59.2 Å². The summed E-state index contributed by atoms with van der Waals surface area (Å²) in [5.41, 5.74) is 4.00. The molecule has 190 valence electrons. The molecule has 2 aromatic heterocycles. The van der Waals surface area contributed by atoms with Gasteiger partial charge in [-0.1, -0.05) is 34.8 Å². The molecule has 0 bridgehead atoms. The monoisotopic (exact) mass is 550 g/mol. The average Bonchev–Trinajstić information content (AvgIpc) is 2.98. The number of aromatic carboxylic acids is 1. The molecular formula is C20H21Cl3N4O8. The zero-order valence-electron chi connectivity index (χ0n) is 18.6. The molecule has 3 heterocycles. The van der Waals surface area contributed by atoms with Crippen molar-refractivity contribution in [3.05, 3.63) is 49.6 Å². The number of hydrogen-bond acceptors (Lipinski definition) is 8. The van der Waals surface area contributed by atoms with E-state index in [9.17, 15) is 24.7 Å². The first-order chi connectivity index (χ1) is 16.4. The van der Waals surface area contributed by atoms with Crippen molar-refractivity contribution in [2.45, 2.75) is 37.9 Å². The lowest BCUT2D eigenvalue weighted by atomic mass is 9.98. The molecule has 1 aliphatic heterocycles. The minimum atomic E-state index is -1.62. The second-order valence-corrected chi connectivity index (χ2v) is 8.75. The fraction of sp³-hybridized carbons (Fsp3) is 0.400. The highest BCUT2D eigenvalue weighted by Gasteiger charge is 2.41. The van der Waals surface area contributed by atoms with E-state index in [-0.39, 0.29) is 37.6 Å². The van der Waals surface area contributed by atoms with Crippen molar-refractivity contribution < 1.29 is 38.4 Å². The van der Waals surface area contributed by atoms with Gasteiger partial charge in [-0.15, -0.1) is 0 Å². The number of carboxylic acids is 1. The fourth-order valence-corrected chi connectivity index (χ4v) is 4.45. The third kappa shape index (κ3) is 5.11. The fourth-order valence-electron chi connectivity index (χ4n) is 3.70. The summed E-state index contributed by atoms with van der Waals surface area (Å²) in [6.45, 7) is 1.63. The molecule has 0 spiro atoms. The summed E-state index contributed by atoms with van der Waals surface area (Å²) in [6, 6.07) is 0.143. The van der Waals surface area contributed by atoms with E-state index in [1.165, 1.54) is 18.7 Å². The van der Waals surface area contributed by atoms with Gasteiger partial charge in [0.25, 0.3) is 5.91 Å². The molecule has 35 heavy (non-hydrogen) atoms. The number of amides is 1. The molecule has 0 aromatic carbocycles. The highest BCUT2D eigenvalue weighted by Crippen LogP contribution is 2.35. The van der Waals surface area contributed by atoms with Crippen molar-refractivity contribution >= 4 is 58.3 Å². The van der Waals surface area contributed by atoms with E-state index in [1.54, 1.807) is 6.92 Å². The Hall–Kier alpha value is -2.77. The molecule has 1 aliphatic rings. The van der Waals surface area contributed by atoms with E-state index in [1.807, 2.05) is 0 Å². The first-order valence-electron chi connectivity index (χ1n) is 10.0. The number of nitrogen functional groups attached to an aromatic ring is 1. The van der Waals surface area contributed by atoms with E-state index < -0.39 is 53.8 Å². The number of aromatic nitrogens is 2. The molecule has 1 amide bonds. The molecule has 1 fully saturated rings. The van der Waals surface area contributed by atoms with Crippen LogP contribution in [0.3, 0.4) is 0 Å². The quantitative estimate of drug-likeness (QED) is 0.276. The Labute approximate surface area is 214 Å². The normalized spacial score (nSPS) is 22.0. The van der Waals surface area contributed by atoms with Crippen molar-refractivity contribution in [1.82, 2.24) is 9.88 Å². The number of anilines is 1. The Morgan fingerprint density at radius 2 is 1.97 bits per heavy atom. The molecule has 0 saturated carbocycles. The molecule has 2 aromatic rings. The standard InChI is InChI=1S/C20H21Cl3N4O8/c1-7-14(25-18(28)15-11(21)12(22)17(23)26(15)2)9(6-10(33-3)34-7)35-20(31)8-4-5-27(32)16(13(8)24)19(29)30/h4-5,7,9-10,14H,6,24H2,1-3H3,(H,25,28)(H,29,30)/t7-,9-,10-,14-/m1/s1. The van der Waals surface area contributed by atoms with E-state index >= 15 is 0 Å². The Kier molecular flexibility index (Phi) is 8.02. The predicted octanol–water partition coefficient (Wildman–Crippen LogP) is 2.00. The number of carboxylic acid groups (broad SMARTS) is 1. The number of nitrogens with one attached hydrogen (secondary N) is 1. The summed E-state index contributed by atoms with van der Waals surface area (Å²) in [6.07, 6.45) is -1.64. The highest BCUT2D eigenvalue weighted by molar-refractivity contribution is 6.49. The number of pyridine rings is 1. The van der Waals surface area contributed by atoms with Gasteiger partial charge >= 0.3 is 17.6 Å². The summed E-state index contributed by atoms with van der Waals surface area (Å²) in [7, 11) is 2.89. The zero-order chi connectivity index (χ0) is 26.2. The van der Waals surface area contributed by atoms with Crippen molar-refractivity contribution in [2.75, 3.05) is 12.8 Å². The third-order valence-corrected chi connectivity index (χ3v) is 6.88. The van der Waals surface area contributed by atoms with Gasteiger partial charge in [-0.2, -0.15) is 4.73 Å². The van der Waals surface area contributed by atoms with Gasteiger partial charge < -0.3 is 40.1 Å². The SMILES string of the molecule is CO[C@H]1C[C@@H](OC(=O)c2cc[n+]([O-])c(C(=O)O)c2N)[C@H](NC(=O)c2c(Cl)c(Cl)c(Cl)n2C)[C@@H](C)O1. The molecule has 4 atom stereocenters. The van der Waals surface area contributed by atoms with Crippen molar-refractivity contribution in [3.63, 3.8) is 0 Å². The van der Waals surface area contributed by atoms with Crippen LogP contribution in [0, 0.1) is 5.21 Å². The molecule has 15 heteroatoms. The van der Waals surface area contributed by atoms with Crippen LogP contribution in [-0.2, 0) is 21.3 Å². The number of nitrogens with two attached hydrogens (primary N) is 1. The topological polar surface area (TPSA) is 169 Å². The number of carbonyl (C=O) groups excluding carboxylic acids is 2. The molecule has 0 radical (unpaired) electrons. The maximum atomic E-state index is 13.0. The van der Waals surface area contributed by atoms with Crippen LogP contribution in [0.1, 0.15) is 44.7 Å². The van der Waals surface area contributed by atoms with Gasteiger partial charge in [-0.05, 0) is 6.92 Å². The Balaban J connectivity index is 1.90. The van der Waals surface area contributed by atoms with E-state index in [4.69, 9.17) is 54.7 Å². The first-order valence-corrected chi connectivity index (χ1v) is 11.2. The number of methoxy groups -OCH3 is 1. The lowest BCUT2D eigenvalue weighted by molar-refractivity contribution is -0.607. The maximum absolute atomic E-state index is 13.0. The van der Waals surface area contributed by atoms with Gasteiger partial charge in [0.2, 0.25) is 0 Å². The van der Waals surface area contributed by atoms with Crippen LogP contribution in [0.15, 0.2) is 12.3 Å². The molecule has 4 N–H and O–H groups in total. The van der Waals surface area contributed by atoms with Crippen molar-refractivity contribution in [3.8, 4) is 0 Å². The smallest absolute Gasteiger partial charge is 0.404 e. The van der Waals surface area contributed by atoms with Crippen LogP contribution in [0.5, 0.6) is 0 Å². The van der Waals surface area contributed by atoms with Crippen LogP contribution in [0.2, 0.25) is 15.2 Å². The van der Waals surface area contributed by atoms with Gasteiger partial charge in [0.1, 0.15) is 22.6 Å². The minimum absolute atomic E-state index is 0.000695. The van der Waals surface area contributed by atoms with Gasteiger partial charge in [0.05, 0.1) is 27.8 Å². The van der Waals surface area contributed by atoms with Crippen molar-refractivity contribution in [2.24, 2.45) is 7.05 Å². The number of hydrogen-bond donors (Lipinski definition) is 3. The van der Waals surface area contributed by atoms with E-state index in [0.29, 0.717) is 0 Å². The second kappa shape index (κ2) is 10.5. The number of halogens is 3. The molecule has 0 unspecified atom stereocenters. The molecule has 12 nitrogen and oxygen atoms in total. The Bertz CT molecular complexity index is 1160. The van der Waals surface area contributed by atoms with Crippen LogP contribution >= 0.6 is 34.8 Å². The number of nitrogens with zero attached hydrogens (tertiary/aromatic N) is 2. The average molecular weight is 552 g/mol. The lowest BCUT2D eigenvalue weighted by Gasteiger charge is -2.39. The minimum Gasteiger partial charge on any atom is -0.618 e. The molecule has 0 aliphatic carbocycles. The number of rotatable bonds is 6. The summed E-state index contributed by atoms with van der Waals surface area (Å²) in [5.74, 6) is -3.29. The summed E-state index contributed by atoms with van der Waals surface area (Å²) in [4.78, 5) is 37.3. The van der Waals surface area contributed by atoms with Crippen LogP contribution < -0.4 is 15.8 Å². The van der Waals surface area contributed by atoms with E-state index in [0.717, 1.165) is 12.3 Å². The van der Waals surface area contributed by atoms with Crippen LogP contribution in [0.25, 0.3) is 0 Å². The molecule has 1 saturated heterocycles. The highest BCUT2D eigenvalue weighted by atomic mass is 35.5. The molecule has 3 rings (SSSR count). The third-order valence-electron chi connectivity index (χ3n) is 5.51. The van der Waals surface area contributed by atoms with Gasteiger partial charge in [-0.3, -0.25) is 4.79 Å². The lowest BCUT2D eigenvalue weighted by Crippen LogP contribution is -2.57. The number of ether oxygens (including phenoxy) is 3.